The number of carbonyl (C=O) groups is 3. The largest absolute Gasteiger partial charge is 0.481 e. The smallest absolute Gasteiger partial charge is 0.312 e. The number of piperidine rings is 2. The summed E-state index contributed by atoms with van der Waals surface area (Å²) in [6, 6.07) is 3.38. The Bertz CT molecular complexity index is 721. The number of likely N-dealkylation sites (tertiary alicyclic amines) is 1. The van der Waals surface area contributed by atoms with Gasteiger partial charge >= 0.3 is 5.97 Å². The van der Waals surface area contributed by atoms with E-state index in [4.69, 9.17) is 0 Å². The number of carbonyl (C=O) groups excluding carboxylic acids is 2. The molecule has 2 fully saturated rings. The van der Waals surface area contributed by atoms with Gasteiger partial charge in [0.2, 0.25) is 11.8 Å². The van der Waals surface area contributed by atoms with E-state index in [-0.39, 0.29) is 24.3 Å². The number of aromatic nitrogens is 1. The summed E-state index contributed by atoms with van der Waals surface area (Å²) in [4.78, 5) is 42.7. The molecule has 30 heavy (non-hydrogen) atoms. The normalized spacial score (nSPS) is 21.1. The average molecular weight is 417 g/mol. The summed E-state index contributed by atoms with van der Waals surface area (Å²) in [5.41, 5.74) is 0.559. The van der Waals surface area contributed by atoms with Crippen molar-refractivity contribution in [3.8, 4) is 0 Å². The maximum absolute atomic E-state index is 12.7. The highest BCUT2D eigenvalue weighted by Gasteiger charge is 2.30. The van der Waals surface area contributed by atoms with Crippen LogP contribution in [-0.4, -0.2) is 65.5 Å². The zero-order valence-electron chi connectivity index (χ0n) is 17.4. The molecule has 2 atom stereocenters. The molecule has 1 aromatic heterocycles. The molecule has 0 aromatic carbocycles. The van der Waals surface area contributed by atoms with Crippen molar-refractivity contribution in [2.75, 3.05) is 32.7 Å². The minimum Gasteiger partial charge on any atom is -0.481 e. The van der Waals surface area contributed by atoms with E-state index < -0.39 is 11.9 Å². The van der Waals surface area contributed by atoms with Crippen LogP contribution in [0.3, 0.4) is 0 Å². The number of pyridine rings is 1. The fraction of sp³-hybridized carbons (Fsp3) is 0.636. The van der Waals surface area contributed by atoms with Crippen LogP contribution in [0.2, 0.25) is 0 Å². The summed E-state index contributed by atoms with van der Waals surface area (Å²) in [6.07, 6.45) is 8.31. The van der Waals surface area contributed by atoms with Gasteiger partial charge in [-0.3, -0.25) is 19.4 Å². The summed E-state index contributed by atoms with van der Waals surface area (Å²) < 4.78 is 0. The maximum atomic E-state index is 12.7. The number of hydrogen-bond acceptors (Lipinski definition) is 5. The van der Waals surface area contributed by atoms with Gasteiger partial charge in [0.15, 0.2) is 0 Å². The van der Waals surface area contributed by atoms with Crippen molar-refractivity contribution in [3.05, 3.63) is 30.1 Å². The van der Waals surface area contributed by atoms with Crippen molar-refractivity contribution >= 4 is 17.8 Å². The predicted molar refractivity (Wildman–Crippen MR) is 112 cm³/mol. The van der Waals surface area contributed by atoms with E-state index >= 15 is 0 Å². The minimum atomic E-state index is -0.998. The number of carboxylic acids is 1. The minimum absolute atomic E-state index is 0.0139. The number of nitrogens with zero attached hydrogens (tertiary/aromatic N) is 2. The first-order valence-electron chi connectivity index (χ1n) is 10.9. The molecule has 3 N–H and O–H groups in total. The Kier molecular flexibility index (Phi) is 8.19. The van der Waals surface area contributed by atoms with E-state index in [1.165, 1.54) is 6.20 Å². The highest BCUT2D eigenvalue weighted by molar-refractivity contribution is 5.82. The van der Waals surface area contributed by atoms with Crippen molar-refractivity contribution in [1.82, 2.24) is 20.5 Å². The molecule has 164 valence electrons. The van der Waals surface area contributed by atoms with E-state index in [1.807, 2.05) is 4.90 Å². The van der Waals surface area contributed by atoms with Crippen LogP contribution in [-0.2, 0) is 14.4 Å². The Labute approximate surface area is 177 Å². The molecule has 3 rings (SSSR count). The molecule has 2 aliphatic rings. The molecule has 0 unspecified atom stereocenters. The van der Waals surface area contributed by atoms with Gasteiger partial charge in [-0.2, -0.15) is 0 Å². The molecule has 0 bridgehead atoms. The van der Waals surface area contributed by atoms with Crippen LogP contribution in [0.15, 0.2) is 24.5 Å². The van der Waals surface area contributed by atoms with E-state index in [0.717, 1.165) is 38.8 Å². The predicted octanol–water partition coefficient (Wildman–Crippen LogP) is 1.38. The highest BCUT2D eigenvalue weighted by Crippen LogP contribution is 2.22. The molecule has 8 nitrogen and oxygen atoms in total. The van der Waals surface area contributed by atoms with Gasteiger partial charge in [-0.1, -0.05) is 6.07 Å². The third-order valence-corrected chi connectivity index (χ3v) is 6.24. The number of rotatable bonds is 8. The van der Waals surface area contributed by atoms with Crippen molar-refractivity contribution in [1.29, 1.82) is 0 Å². The summed E-state index contributed by atoms with van der Waals surface area (Å²) in [5.74, 6) is -1.56. The van der Waals surface area contributed by atoms with Gasteiger partial charge in [0.05, 0.1) is 5.92 Å². The van der Waals surface area contributed by atoms with Crippen molar-refractivity contribution in [3.63, 3.8) is 0 Å². The Morgan fingerprint density at radius 2 is 2.07 bits per heavy atom. The molecule has 2 saturated heterocycles. The fourth-order valence-corrected chi connectivity index (χ4v) is 4.35. The molecule has 0 radical (unpaired) electrons. The van der Waals surface area contributed by atoms with Crippen LogP contribution >= 0.6 is 0 Å². The monoisotopic (exact) mass is 416 g/mol. The summed E-state index contributed by atoms with van der Waals surface area (Å²) in [6.45, 7) is 3.19. The summed E-state index contributed by atoms with van der Waals surface area (Å²) >= 11 is 0. The first-order valence-corrected chi connectivity index (χ1v) is 10.9. The summed E-state index contributed by atoms with van der Waals surface area (Å²) in [7, 11) is 0. The second-order valence-corrected chi connectivity index (χ2v) is 8.33. The number of aliphatic carboxylic acids is 1. The van der Waals surface area contributed by atoms with Crippen LogP contribution in [0, 0.1) is 11.8 Å². The average Bonchev–Trinajstić information content (AvgIpc) is 2.78. The van der Waals surface area contributed by atoms with Crippen LogP contribution < -0.4 is 10.6 Å². The zero-order chi connectivity index (χ0) is 21.3. The van der Waals surface area contributed by atoms with E-state index in [9.17, 15) is 19.5 Å². The van der Waals surface area contributed by atoms with Gasteiger partial charge < -0.3 is 20.6 Å². The molecule has 3 heterocycles. The van der Waals surface area contributed by atoms with Gasteiger partial charge in [-0.15, -0.1) is 0 Å². The van der Waals surface area contributed by atoms with E-state index in [1.54, 1.807) is 18.3 Å². The zero-order valence-corrected chi connectivity index (χ0v) is 17.4. The quantitative estimate of drug-likeness (QED) is 0.590. The second kappa shape index (κ2) is 11.1. The molecular formula is C22H32N4O4. The van der Waals surface area contributed by atoms with Gasteiger partial charge in [0, 0.05) is 38.4 Å². The van der Waals surface area contributed by atoms with Gasteiger partial charge in [-0.05, 0) is 62.7 Å². The number of nitrogens with one attached hydrogen (secondary N) is 2. The molecule has 1 aromatic rings. The van der Waals surface area contributed by atoms with Crippen molar-refractivity contribution in [2.24, 2.45) is 11.8 Å². The highest BCUT2D eigenvalue weighted by atomic mass is 16.4. The van der Waals surface area contributed by atoms with Crippen LogP contribution in [0.1, 0.15) is 50.0 Å². The fourth-order valence-electron chi connectivity index (χ4n) is 4.35. The molecule has 0 aliphatic carbocycles. The van der Waals surface area contributed by atoms with Crippen LogP contribution in [0.5, 0.6) is 0 Å². The topological polar surface area (TPSA) is 112 Å². The Hall–Kier alpha value is -2.48. The molecular weight excluding hydrogens is 384 g/mol. The van der Waals surface area contributed by atoms with E-state index in [2.05, 4.69) is 15.6 Å². The van der Waals surface area contributed by atoms with Gasteiger partial charge in [0.1, 0.15) is 5.92 Å². The first-order chi connectivity index (χ1) is 14.5. The Morgan fingerprint density at radius 1 is 1.27 bits per heavy atom. The molecule has 0 saturated carbocycles. The maximum Gasteiger partial charge on any atom is 0.312 e. The molecule has 8 heteroatoms. The lowest BCUT2D eigenvalue weighted by atomic mass is 9.92. The molecule has 0 spiro atoms. The first kappa shape index (κ1) is 22.2. The lowest BCUT2D eigenvalue weighted by Crippen LogP contribution is -2.46. The number of hydrogen-bond donors (Lipinski definition) is 3. The molecule has 2 aliphatic heterocycles. The van der Waals surface area contributed by atoms with Crippen molar-refractivity contribution in [2.45, 2.75) is 44.4 Å². The van der Waals surface area contributed by atoms with Gasteiger partial charge in [0.25, 0.3) is 0 Å². The van der Waals surface area contributed by atoms with Gasteiger partial charge in [-0.25, -0.2) is 0 Å². The third-order valence-electron chi connectivity index (χ3n) is 6.24. The molecule has 2 amide bonds. The van der Waals surface area contributed by atoms with Crippen molar-refractivity contribution < 1.29 is 19.5 Å². The van der Waals surface area contributed by atoms with Crippen LogP contribution in [0.25, 0.3) is 0 Å². The number of amides is 2. The lowest BCUT2D eigenvalue weighted by Gasteiger charge is -2.33. The second-order valence-electron chi connectivity index (χ2n) is 8.33. The standard InChI is InChI=1S/C22H32N4O4/c27-20(6-5-16-7-10-23-11-8-16)26-12-2-4-18(15-26)21(28)25-14-19(22(29)30)17-3-1-9-24-13-17/h1,3,9,13,16,18-19,23H,2,4-8,10-12,14-15H2,(H,25,28)(H,29,30)/t18-,19+/m0/s1. The number of carboxylic acid groups (broad SMARTS) is 1. The van der Waals surface area contributed by atoms with Crippen LogP contribution in [0.4, 0.5) is 0 Å². The SMILES string of the molecule is O=C(NC[C@@H](C(=O)O)c1cccnc1)[C@H]1CCCN(C(=O)CCC2CCNCC2)C1. The summed E-state index contributed by atoms with van der Waals surface area (Å²) in [5, 5.41) is 15.6. The third kappa shape index (κ3) is 6.26. The lowest BCUT2D eigenvalue weighted by molar-refractivity contribution is -0.138. The Morgan fingerprint density at radius 3 is 2.77 bits per heavy atom. The van der Waals surface area contributed by atoms with E-state index in [0.29, 0.717) is 37.4 Å². The Balaban J connectivity index is 1.47.